The van der Waals surface area contributed by atoms with Crippen molar-refractivity contribution in [2.45, 2.75) is 18.3 Å². The average Bonchev–Trinajstić information content (AvgIpc) is 3.21. The molecular formula is C42H18Br20. The molecule has 0 fully saturated rings. The minimum absolute atomic E-state index is 0.779. The molecule has 0 aromatic heterocycles. The third-order valence-corrected chi connectivity index (χ3v) is 32.0. The second-order valence-electron chi connectivity index (χ2n) is 13.4. The molecule has 0 bridgehead atoms. The molecule has 0 atom stereocenters. The lowest BCUT2D eigenvalue weighted by Crippen LogP contribution is -2.71. The van der Waals surface area contributed by atoms with Crippen molar-refractivity contribution in [1.29, 1.82) is 0 Å². The van der Waals surface area contributed by atoms with Crippen molar-refractivity contribution in [2.75, 3.05) is 0 Å². The van der Waals surface area contributed by atoms with E-state index in [1.807, 2.05) is 36.4 Å². The molecule has 6 rings (SSSR count). The minimum atomic E-state index is -1.52. The largest absolute Gasteiger partial charge is 0.121 e. The first-order valence-electron chi connectivity index (χ1n) is 17.0. The fourth-order valence-electron chi connectivity index (χ4n) is 7.75. The van der Waals surface area contributed by atoms with Crippen molar-refractivity contribution in [2.24, 2.45) is 5.41 Å². The summed E-state index contributed by atoms with van der Waals surface area (Å²) in [6.45, 7) is 0. The van der Waals surface area contributed by atoms with Crippen LogP contribution >= 0.6 is 319 Å². The number of halogens is 20. The summed E-state index contributed by atoms with van der Waals surface area (Å²) in [6.07, 6.45) is 0. The van der Waals surface area contributed by atoms with Gasteiger partial charge in [-0.15, -0.1) is 0 Å². The monoisotopic (exact) mass is 2100 g/mol. The highest BCUT2D eigenvalue weighted by Crippen LogP contribution is 2.87. The minimum Gasteiger partial charge on any atom is -0.0665 e. The third-order valence-electron chi connectivity index (χ3n) is 10.4. The molecule has 6 aromatic rings. The lowest BCUT2D eigenvalue weighted by Gasteiger charge is -2.69. The molecule has 0 aliphatic rings. The van der Waals surface area contributed by atoms with Gasteiger partial charge in [-0.1, -0.05) is 212 Å². The molecule has 6 aromatic carbocycles. The van der Waals surface area contributed by atoms with Gasteiger partial charge in [0.2, 0.25) is 0 Å². The summed E-state index contributed by atoms with van der Waals surface area (Å²) < 4.78 is 4.46. The van der Waals surface area contributed by atoms with Crippen LogP contribution in [0.5, 0.6) is 0 Å². The molecular weight excluding hydrogens is 2100 g/mol. The molecule has 326 valence electrons. The Bertz CT molecular complexity index is 2470. The van der Waals surface area contributed by atoms with Gasteiger partial charge in [0.25, 0.3) is 0 Å². The van der Waals surface area contributed by atoms with Crippen molar-refractivity contribution in [3.8, 4) is 0 Å². The predicted molar refractivity (Wildman–Crippen MR) is 332 cm³/mol. The Morgan fingerprint density at radius 3 is 0.710 bits per heavy atom. The fourth-order valence-corrected chi connectivity index (χ4v) is 28.9. The average molecular weight is 2120 g/mol. The van der Waals surface area contributed by atoms with Crippen LogP contribution in [0.4, 0.5) is 0 Å². The van der Waals surface area contributed by atoms with Gasteiger partial charge in [-0.25, -0.2) is 0 Å². The molecule has 0 aliphatic heterocycles. The summed E-state index contributed by atoms with van der Waals surface area (Å²) >= 11 is 84.2. The van der Waals surface area contributed by atoms with Gasteiger partial charge in [0.05, 0.1) is 10.8 Å². The van der Waals surface area contributed by atoms with Crippen LogP contribution in [0.1, 0.15) is 33.4 Å². The zero-order valence-corrected chi connectivity index (χ0v) is 61.7. The van der Waals surface area contributed by atoms with Gasteiger partial charge in [-0.05, 0) is 249 Å². The van der Waals surface area contributed by atoms with Crippen molar-refractivity contribution in [1.82, 2.24) is 0 Å². The van der Waals surface area contributed by atoms with Crippen molar-refractivity contribution < 1.29 is 0 Å². The maximum Gasteiger partial charge on any atom is 0.121 e. The van der Waals surface area contributed by atoms with E-state index >= 15 is 0 Å². The molecule has 0 N–H and O–H groups in total. The Hall–Kier alpha value is 4.92. The number of hydrogen-bond acceptors (Lipinski definition) is 0. The number of benzene rings is 6. The van der Waals surface area contributed by atoms with Gasteiger partial charge in [0.1, 0.15) is 12.9 Å². The van der Waals surface area contributed by atoms with Gasteiger partial charge in [-0.3, -0.25) is 0 Å². The Balaban J connectivity index is 2.14. The first-order chi connectivity index (χ1) is 28.8. The molecule has 0 radical (unpaired) electrons. The van der Waals surface area contributed by atoms with Crippen LogP contribution < -0.4 is 0 Å². The Morgan fingerprint density at radius 1 is 0.242 bits per heavy atom. The summed E-state index contributed by atoms with van der Waals surface area (Å²) in [6, 6.07) is 37.6. The third kappa shape index (κ3) is 9.19. The highest BCUT2D eigenvalue weighted by molar-refractivity contribution is 9.27. The topological polar surface area (TPSA) is 0 Å². The first-order valence-corrected chi connectivity index (χ1v) is 32.9. The SMILES string of the molecule is Brc1ccc(C(Br)(Br)C(c2ccccc2)(c2ccccc2)C(C(Br)(Br)c2ccc(Br)c(Br)c2Br)(C(Br)(Br)c2ccc(Br)c(Br)c2Br)C(Br)(Br)c2ccc(Br)c(Br)c2Br)c(Br)c1Br. The van der Waals surface area contributed by atoms with E-state index in [0.717, 1.165) is 87.1 Å². The van der Waals surface area contributed by atoms with Gasteiger partial charge >= 0.3 is 0 Å². The van der Waals surface area contributed by atoms with Gasteiger partial charge in [0, 0.05) is 53.7 Å². The van der Waals surface area contributed by atoms with E-state index in [-0.39, 0.29) is 0 Å². The molecule has 0 saturated heterocycles. The summed E-state index contributed by atoms with van der Waals surface area (Å²) in [5, 5.41) is 0. The maximum atomic E-state index is 4.63. The van der Waals surface area contributed by atoms with E-state index in [1.165, 1.54) is 0 Å². The number of alkyl halides is 8. The summed E-state index contributed by atoms with van der Waals surface area (Å²) in [5.41, 5.74) is 2.25. The van der Waals surface area contributed by atoms with E-state index in [4.69, 9.17) is 0 Å². The standard InChI is InChI=1S/C42H18Br20/c43-25-15-11-21(29(47)33(25)51)38(55,56)37(19-7-3-1-4-8-19,20-9-5-2-6-10-20)42(39(57,58)22-12-16-26(44)34(52)30(22)48,40(59,60)23-13-17-27(45)35(53)31(23)49)41(61,62)24-14-18-28(46)36(54)32(24)50/h1-18H. The Labute approximate surface area is 528 Å². The highest BCUT2D eigenvalue weighted by atomic mass is 79.9. The van der Waals surface area contributed by atoms with Crippen LogP contribution in [0.25, 0.3) is 0 Å². The van der Waals surface area contributed by atoms with E-state index in [9.17, 15) is 0 Å². The first kappa shape index (κ1) is 56.2. The summed E-state index contributed by atoms with van der Waals surface area (Å²) in [7, 11) is 0. The second-order valence-corrected chi connectivity index (χ2v) is 37.0. The van der Waals surface area contributed by atoms with E-state index in [1.54, 1.807) is 0 Å². The fraction of sp³-hybridized carbons (Fsp3) is 0.143. The van der Waals surface area contributed by atoms with Gasteiger partial charge in [0.15, 0.2) is 0 Å². The molecule has 0 heterocycles. The van der Waals surface area contributed by atoms with Crippen LogP contribution in [0, 0.1) is 5.41 Å². The van der Waals surface area contributed by atoms with Crippen LogP contribution in [0.3, 0.4) is 0 Å². The number of rotatable bonds is 11. The van der Waals surface area contributed by atoms with Gasteiger partial charge in [-0.2, -0.15) is 0 Å². The van der Waals surface area contributed by atoms with Crippen LogP contribution in [0.2, 0.25) is 0 Å². The molecule has 0 saturated carbocycles. The molecule has 0 spiro atoms. The zero-order valence-electron chi connectivity index (χ0n) is 30.0. The van der Waals surface area contributed by atoms with Crippen LogP contribution in [0.15, 0.2) is 163 Å². The molecule has 0 amide bonds. The van der Waals surface area contributed by atoms with Crippen molar-refractivity contribution in [3.63, 3.8) is 0 Å². The second kappa shape index (κ2) is 21.8. The van der Waals surface area contributed by atoms with Gasteiger partial charge < -0.3 is 0 Å². The lowest BCUT2D eigenvalue weighted by atomic mass is 9.48. The zero-order chi connectivity index (χ0) is 46.1. The van der Waals surface area contributed by atoms with E-state index in [2.05, 4.69) is 391 Å². The Kier molecular flexibility index (Phi) is 19.8. The normalized spacial score (nSPS) is 13.2. The summed E-state index contributed by atoms with van der Waals surface area (Å²) in [5.74, 6) is 0. The number of hydrogen-bond donors (Lipinski definition) is 0. The van der Waals surface area contributed by atoms with E-state index < -0.39 is 23.8 Å². The molecule has 0 unspecified atom stereocenters. The van der Waals surface area contributed by atoms with E-state index in [0.29, 0.717) is 0 Å². The quantitative estimate of drug-likeness (QED) is 0.0896. The maximum absolute atomic E-state index is 4.63. The molecule has 0 nitrogen and oxygen atoms in total. The molecule has 62 heavy (non-hydrogen) atoms. The summed E-state index contributed by atoms with van der Waals surface area (Å²) in [4.78, 5) is 0. The van der Waals surface area contributed by atoms with Crippen LogP contribution in [-0.4, -0.2) is 0 Å². The highest BCUT2D eigenvalue weighted by Gasteiger charge is 2.83. The predicted octanol–water partition coefficient (Wildman–Crippen LogP) is 24.7. The Morgan fingerprint density at radius 2 is 0.468 bits per heavy atom. The lowest BCUT2D eigenvalue weighted by molar-refractivity contribution is 0.0945. The van der Waals surface area contributed by atoms with Crippen molar-refractivity contribution in [3.05, 3.63) is 196 Å². The van der Waals surface area contributed by atoms with Crippen LogP contribution in [-0.2, 0) is 18.3 Å². The smallest absolute Gasteiger partial charge is 0.0665 e. The van der Waals surface area contributed by atoms with Crippen molar-refractivity contribution >= 4 is 319 Å². The molecule has 0 aliphatic carbocycles. The molecule has 20 heteroatoms.